The molecular weight excluding hydrogens is 232 g/mol. The maximum Gasteiger partial charge on any atom is 0.292 e. The second-order valence-electron chi connectivity index (χ2n) is 3.98. The second-order valence-corrected chi connectivity index (χ2v) is 3.98. The van der Waals surface area contributed by atoms with Crippen molar-refractivity contribution in [2.45, 2.75) is 6.92 Å². The van der Waals surface area contributed by atoms with Crippen LogP contribution in [0.1, 0.15) is 12.5 Å². The lowest BCUT2D eigenvalue weighted by Gasteiger charge is -2.20. The summed E-state index contributed by atoms with van der Waals surface area (Å²) in [5.74, 6) is -0.250. The van der Waals surface area contributed by atoms with Crippen LogP contribution < -0.4 is 4.90 Å². The normalized spacial score (nSPS) is 11.1. The molecule has 1 unspecified atom stereocenters. The lowest BCUT2D eigenvalue weighted by molar-refractivity contribution is -0.384. The third-order valence-corrected chi connectivity index (χ3v) is 2.48. The molecule has 0 saturated carbocycles. The van der Waals surface area contributed by atoms with Crippen molar-refractivity contribution in [3.05, 3.63) is 33.9 Å². The van der Waals surface area contributed by atoms with Crippen molar-refractivity contribution in [1.82, 2.24) is 0 Å². The summed E-state index contributed by atoms with van der Waals surface area (Å²) in [6.07, 6.45) is 0. The summed E-state index contributed by atoms with van der Waals surface area (Å²) < 4.78 is 0. The van der Waals surface area contributed by atoms with Gasteiger partial charge in [-0.3, -0.25) is 10.1 Å². The molecule has 1 aromatic rings. The minimum atomic E-state index is -0.496. The quantitative estimate of drug-likeness (QED) is 0.596. The maximum absolute atomic E-state index is 10.9. The summed E-state index contributed by atoms with van der Waals surface area (Å²) in [5.41, 5.74) is 0.634. The largest absolute Gasteiger partial charge is 0.368 e. The van der Waals surface area contributed by atoms with Gasteiger partial charge < -0.3 is 4.90 Å². The smallest absolute Gasteiger partial charge is 0.292 e. The average molecular weight is 244 g/mol. The molecule has 18 heavy (non-hydrogen) atoms. The van der Waals surface area contributed by atoms with E-state index >= 15 is 0 Å². The van der Waals surface area contributed by atoms with Crippen molar-refractivity contribution in [3.8, 4) is 12.1 Å². The SMILES string of the molecule is CC(C#N)CN(C)c1cc(C#N)ccc1[N+](=O)[O-]. The summed E-state index contributed by atoms with van der Waals surface area (Å²) in [7, 11) is 1.66. The molecule has 0 aromatic heterocycles. The van der Waals surface area contributed by atoms with Gasteiger partial charge >= 0.3 is 0 Å². The van der Waals surface area contributed by atoms with Crippen LogP contribution in [-0.4, -0.2) is 18.5 Å². The van der Waals surface area contributed by atoms with Gasteiger partial charge in [0.15, 0.2) is 0 Å². The molecule has 6 heteroatoms. The molecule has 92 valence electrons. The van der Waals surface area contributed by atoms with Crippen LogP contribution in [0.3, 0.4) is 0 Å². The van der Waals surface area contributed by atoms with E-state index in [0.717, 1.165) is 0 Å². The van der Waals surface area contributed by atoms with Crippen molar-refractivity contribution in [1.29, 1.82) is 10.5 Å². The van der Waals surface area contributed by atoms with Gasteiger partial charge in [0.1, 0.15) is 5.69 Å². The molecule has 0 aliphatic heterocycles. The predicted octanol–water partition coefficient (Wildman–Crippen LogP) is 2.06. The number of hydrogen-bond acceptors (Lipinski definition) is 5. The number of benzene rings is 1. The number of nitrogens with zero attached hydrogens (tertiary/aromatic N) is 4. The van der Waals surface area contributed by atoms with Crippen LogP contribution in [-0.2, 0) is 0 Å². The average Bonchev–Trinajstić information content (AvgIpc) is 2.37. The Bertz CT molecular complexity index is 542. The molecule has 0 aliphatic carbocycles. The Labute approximate surface area is 105 Å². The Kier molecular flexibility index (Phi) is 4.22. The highest BCUT2D eigenvalue weighted by Crippen LogP contribution is 2.28. The third-order valence-electron chi connectivity index (χ3n) is 2.48. The van der Waals surface area contributed by atoms with Crippen LogP contribution in [0.5, 0.6) is 0 Å². The fourth-order valence-corrected chi connectivity index (χ4v) is 1.60. The first-order chi connectivity index (χ1) is 8.49. The first-order valence-electron chi connectivity index (χ1n) is 5.29. The van der Waals surface area contributed by atoms with Gasteiger partial charge in [0.25, 0.3) is 5.69 Å². The summed E-state index contributed by atoms with van der Waals surface area (Å²) >= 11 is 0. The molecule has 0 amide bonds. The standard InChI is InChI=1S/C12H12N4O2/c1-9(6-13)8-15(2)12-5-10(7-14)3-4-11(12)16(17)18/h3-5,9H,8H2,1-2H3. The number of nitriles is 2. The van der Waals surface area contributed by atoms with Crippen LogP contribution in [0.25, 0.3) is 0 Å². The van der Waals surface area contributed by atoms with E-state index in [9.17, 15) is 10.1 Å². The zero-order valence-corrected chi connectivity index (χ0v) is 10.1. The van der Waals surface area contributed by atoms with Crippen LogP contribution in [0.4, 0.5) is 11.4 Å². The molecule has 0 saturated heterocycles. The third kappa shape index (κ3) is 2.96. The van der Waals surface area contributed by atoms with Gasteiger partial charge in [-0.05, 0) is 19.1 Å². The van der Waals surface area contributed by atoms with Gasteiger partial charge in [-0.1, -0.05) is 0 Å². The molecule has 0 spiro atoms. The second kappa shape index (κ2) is 5.65. The Morgan fingerprint density at radius 3 is 2.67 bits per heavy atom. The summed E-state index contributed by atoms with van der Waals surface area (Å²) in [6.45, 7) is 2.10. The molecule has 1 aromatic carbocycles. The zero-order valence-electron chi connectivity index (χ0n) is 10.1. The molecule has 0 N–H and O–H groups in total. The molecule has 1 rings (SSSR count). The van der Waals surface area contributed by atoms with E-state index in [0.29, 0.717) is 17.8 Å². The highest BCUT2D eigenvalue weighted by atomic mass is 16.6. The van der Waals surface area contributed by atoms with E-state index in [1.54, 1.807) is 18.9 Å². The predicted molar refractivity (Wildman–Crippen MR) is 65.9 cm³/mol. The fourth-order valence-electron chi connectivity index (χ4n) is 1.60. The minimum absolute atomic E-state index is 0.0679. The monoisotopic (exact) mass is 244 g/mol. The van der Waals surface area contributed by atoms with Gasteiger partial charge in [0.2, 0.25) is 0 Å². The first-order valence-corrected chi connectivity index (χ1v) is 5.29. The number of nitro benzene ring substituents is 1. The van der Waals surface area contributed by atoms with E-state index in [4.69, 9.17) is 10.5 Å². The van der Waals surface area contributed by atoms with E-state index in [1.165, 1.54) is 18.2 Å². The first kappa shape index (κ1) is 13.5. The number of hydrogen-bond donors (Lipinski definition) is 0. The van der Waals surface area contributed by atoms with Crippen molar-refractivity contribution in [2.75, 3.05) is 18.5 Å². The molecule has 0 radical (unpaired) electrons. The Hall–Kier alpha value is -2.60. The van der Waals surface area contributed by atoms with Crippen molar-refractivity contribution >= 4 is 11.4 Å². The summed E-state index contributed by atoms with van der Waals surface area (Å²) in [6, 6.07) is 8.18. The zero-order chi connectivity index (χ0) is 13.7. The Morgan fingerprint density at radius 1 is 1.50 bits per heavy atom. The van der Waals surface area contributed by atoms with E-state index in [2.05, 4.69) is 6.07 Å². The highest BCUT2D eigenvalue weighted by molar-refractivity contribution is 5.65. The van der Waals surface area contributed by atoms with Crippen LogP contribution in [0.15, 0.2) is 18.2 Å². The topological polar surface area (TPSA) is 94.0 Å². The van der Waals surface area contributed by atoms with E-state index in [-0.39, 0.29) is 11.6 Å². The van der Waals surface area contributed by atoms with Gasteiger partial charge in [-0.25, -0.2) is 0 Å². The Balaban J connectivity index is 3.16. The molecule has 0 bridgehead atoms. The summed E-state index contributed by atoms with van der Waals surface area (Å²) in [5, 5.41) is 28.5. The lowest BCUT2D eigenvalue weighted by atomic mass is 10.1. The number of anilines is 1. The van der Waals surface area contributed by atoms with E-state index < -0.39 is 4.92 Å². The molecular formula is C12H12N4O2. The van der Waals surface area contributed by atoms with Gasteiger partial charge in [0.05, 0.1) is 28.5 Å². The van der Waals surface area contributed by atoms with Crippen molar-refractivity contribution < 1.29 is 4.92 Å². The van der Waals surface area contributed by atoms with E-state index in [1.807, 2.05) is 6.07 Å². The summed E-state index contributed by atoms with van der Waals surface area (Å²) in [4.78, 5) is 12.0. The maximum atomic E-state index is 10.9. The van der Waals surface area contributed by atoms with Crippen LogP contribution in [0, 0.1) is 38.7 Å². The van der Waals surface area contributed by atoms with Gasteiger partial charge in [-0.15, -0.1) is 0 Å². The molecule has 6 nitrogen and oxygen atoms in total. The number of rotatable bonds is 4. The molecule has 0 fully saturated rings. The van der Waals surface area contributed by atoms with Crippen molar-refractivity contribution in [2.24, 2.45) is 5.92 Å². The fraction of sp³-hybridized carbons (Fsp3) is 0.333. The van der Waals surface area contributed by atoms with Crippen molar-refractivity contribution in [3.63, 3.8) is 0 Å². The van der Waals surface area contributed by atoms with Gasteiger partial charge in [0, 0.05) is 19.7 Å². The molecule has 1 atom stereocenters. The number of nitro groups is 1. The molecule has 0 heterocycles. The molecule has 0 aliphatic rings. The minimum Gasteiger partial charge on any atom is -0.368 e. The highest BCUT2D eigenvalue weighted by Gasteiger charge is 2.18. The van der Waals surface area contributed by atoms with Crippen LogP contribution in [0.2, 0.25) is 0 Å². The lowest BCUT2D eigenvalue weighted by Crippen LogP contribution is -2.24. The van der Waals surface area contributed by atoms with Crippen LogP contribution >= 0.6 is 0 Å². The van der Waals surface area contributed by atoms with Gasteiger partial charge in [-0.2, -0.15) is 10.5 Å². The Morgan fingerprint density at radius 2 is 2.17 bits per heavy atom.